The molecule has 0 bridgehead atoms. The zero-order chi connectivity index (χ0) is 17.2. The summed E-state index contributed by atoms with van der Waals surface area (Å²) in [5.74, 6) is 1.69. The van der Waals surface area contributed by atoms with Crippen LogP contribution in [-0.2, 0) is 4.74 Å². The maximum absolute atomic E-state index is 5.80. The Kier molecular flexibility index (Phi) is 18.3. The van der Waals surface area contributed by atoms with E-state index in [1.165, 1.54) is 89.9 Å². The van der Waals surface area contributed by atoms with E-state index in [2.05, 4.69) is 27.7 Å². The molecule has 0 fully saturated rings. The third-order valence-electron chi connectivity index (χ3n) is 4.88. The molecule has 23 heavy (non-hydrogen) atoms. The molecule has 0 aliphatic carbocycles. The molecule has 0 aromatic carbocycles. The summed E-state index contributed by atoms with van der Waals surface area (Å²) in [5, 5.41) is 0. The monoisotopic (exact) mass is 326 g/mol. The minimum Gasteiger partial charge on any atom is -0.381 e. The summed E-state index contributed by atoms with van der Waals surface area (Å²) in [4.78, 5) is 0. The van der Waals surface area contributed by atoms with Gasteiger partial charge in [0.05, 0.1) is 0 Å². The molecule has 0 N–H and O–H groups in total. The van der Waals surface area contributed by atoms with Gasteiger partial charge in [0.25, 0.3) is 0 Å². The van der Waals surface area contributed by atoms with Gasteiger partial charge in [-0.1, -0.05) is 105 Å². The van der Waals surface area contributed by atoms with Gasteiger partial charge in [0.15, 0.2) is 0 Å². The summed E-state index contributed by atoms with van der Waals surface area (Å²) in [6, 6.07) is 0. The molecule has 1 unspecified atom stereocenters. The normalized spacial score (nSPS) is 12.9. The van der Waals surface area contributed by atoms with Crippen LogP contribution in [0, 0.1) is 11.8 Å². The van der Waals surface area contributed by atoms with Crippen LogP contribution in [0.2, 0.25) is 0 Å². The maximum atomic E-state index is 5.80. The van der Waals surface area contributed by atoms with Gasteiger partial charge in [-0.2, -0.15) is 0 Å². The summed E-state index contributed by atoms with van der Waals surface area (Å²) < 4.78 is 5.80. The van der Waals surface area contributed by atoms with E-state index in [0.29, 0.717) is 0 Å². The molecule has 0 aliphatic rings. The fourth-order valence-electron chi connectivity index (χ4n) is 3.10. The van der Waals surface area contributed by atoms with Crippen molar-refractivity contribution < 1.29 is 4.74 Å². The summed E-state index contributed by atoms with van der Waals surface area (Å²) in [6.07, 6.45) is 19.4. The molecule has 0 aliphatic heterocycles. The molecule has 0 aromatic rings. The van der Waals surface area contributed by atoms with Crippen LogP contribution in [0.5, 0.6) is 0 Å². The summed E-state index contributed by atoms with van der Waals surface area (Å²) >= 11 is 0. The Bertz CT molecular complexity index is 212. The van der Waals surface area contributed by atoms with Crippen molar-refractivity contribution in [2.24, 2.45) is 11.8 Å². The van der Waals surface area contributed by atoms with Crippen LogP contribution in [0.1, 0.15) is 118 Å². The Labute approximate surface area is 148 Å². The Balaban J connectivity index is 3.09. The number of hydrogen-bond donors (Lipinski definition) is 0. The second-order valence-electron chi connectivity index (χ2n) is 8.01. The fourth-order valence-corrected chi connectivity index (χ4v) is 3.10. The van der Waals surface area contributed by atoms with Crippen LogP contribution in [0.15, 0.2) is 0 Å². The number of ether oxygens (including phenoxy) is 1. The summed E-state index contributed by atoms with van der Waals surface area (Å²) in [5.41, 5.74) is 0. The molecule has 0 rings (SSSR count). The molecule has 0 radical (unpaired) electrons. The Hall–Kier alpha value is -0.0400. The third kappa shape index (κ3) is 19.9. The third-order valence-corrected chi connectivity index (χ3v) is 4.88. The van der Waals surface area contributed by atoms with Gasteiger partial charge in [0, 0.05) is 13.2 Å². The van der Waals surface area contributed by atoms with Crippen LogP contribution in [0.4, 0.5) is 0 Å². The largest absolute Gasteiger partial charge is 0.381 e. The molecular formula is C22H46O. The van der Waals surface area contributed by atoms with Gasteiger partial charge in [-0.25, -0.2) is 0 Å². The van der Waals surface area contributed by atoms with Gasteiger partial charge in [-0.3, -0.25) is 0 Å². The van der Waals surface area contributed by atoms with Crippen LogP contribution >= 0.6 is 0 Å². The minimum atomic E-state index is 0.835. The van der Waals surface area contributed by atoms with E-state index >= 15 is 0 Å². The molecule has 0 spiro atoms. The van der Waals surface area contributed by atoms with Gasteiger partial charge >= 0.3 is 0 Å². The number of unbranched alkanes of at least 4 members (excludes halogenated alkanes) is 9. The Morgan fingerprint density at radius 3 is 1.70 bits per heavy atom. The predicted octanol–water partition coefficient (Wildman–Crippen LogP) is 7.78. The highest BCUT2D eigenvalue weighted by Crippen LogP contribution is 2.15. The Morgan fingerprint density at radius 2 is 1.13 bits per heavy atom. The summed E-state index contributed by atoms with van der Waals surface area (Å²) in [7, 11) is 0. The van der Waals surface area contributed by atoms with Crippen molar-refractivity contribution >= 4 is 0 Å². The molecule has 0 amide bonds. The first-order valence-electron chi connectivity index (χ1n) is 10.7. The quantitative estimate of drug-likeness (QED) is 0.234. The molecule has 1 nitrogen and oxygen atoms in total. The van der Waals surface area contributed by atoms with Gasteiger partial charge in [0.2, 0.25) is 0 Å². The van der Waals surface area contributed by atoms with Crippen molar-refractivity contribution in [3.8, 4) is 0 Å². The van der Waals surface area contributed by atoms with Crippen molar-refractivity contribution in [2.75, 3.05) is 13.2 Å². The lowest BCUT2D eigenvalue weighted by atomic mass is 9.98. The van der Waals surface area contributed by atoms with Crippen molar-refractivity contribution in [1.29, 1.82) is 0 Å². The molecule has 1 atom stereocenters. The molecule has 0 aromatic heterocycles. The highest BCUT2D eigenvalue weighted by atomic mass is 16.5. The second-order valence-corrected chi connectivity index (χ2v) is 8.01. The van der Waals surface area contributed by atoms with Gasteiger partial charge in [0.1, 0.15) is 0 Å². The van der Waals surface area contributed by atoms with E-state index in [-0.39, 0.29) is 0 Å². The van der Waals surface area contributed by atoms with Crippen molar-refractivity contribution in [1.82, 2.24) is 0 Å². The van der Waals surface area contributed by atoms with Crippen LogP contribution in [-0.4, -0.2) is 13.2 Å². The SMILES string of the molecule is CCCCCCCCCCCCOCCC(C)CCCC(C)C. The van der Waals surface area contributed by atoms with E-state index < -0.39 is 0 Å². The van der Waals surface area contributed by atoms with Crippen LogP contribution < -0.4 is 0 Å². The smallest absolute Gasteiger partial charge is 0.0468 e. The van der Waals surface area contributed by atoms with Crippen molar-refractivity contribution in [3.05, 3.63) is 0 Å². The van der Waals surface area contributed by atoms with Crippen LogP contribution in [0.25, 0.3) is 0 Å². The van der Waals surface area contributed by atoms with E-state index in [4.69, 9.17) is 4.74 Å². The molecule has 0 heterocycles. The first-order chi connectivity index (χ1) is 11.2. The van der Waals surface area contributed by atoms with Crippen LogP contribution in [0.3, 0.4) is 0 Å². The van der Waals surface area contributed by atoms with Gasteiger partial charge in [-0.15, -0.1) is 0 Å². The minimum absolute atomic E-state index is 0.835. The molecule has 0 saturated carbocycles. The first-order valence-corrected chi connectivity index (χ1v) is 10.7. The van der Waals surface area contributed by atoms with Gasteiger partial charge < -0.3 is 4.74 Å². The lowest BCUT2D eigenvalue weighted by Gasteiger charge is -2.12. The summed E-state index contributed by atoms with van der Waals surface area (Å²) in [6.45, 7) is 11.3. The molecule has 0 saturated heterocycles. The highest BCUT2D eigenvalue weighted by Gasteiger charge is 2.03. The topological polar surface area (TPSA) is 9.23 Å². The van der Waals surface area contributed by atoms with E-state index in [9.17, 15) is 0 Å². The van der Waals surface area contributed by atoms with Gasteiger partial charge in [-0.05, 0) is 24.7 Å². The average molecular weight is 327 g/mol. The maximum Gasteiger partial charge on any atom is 0.0468 e. The van der Waals surface area contributed by atoms with E-state index in [0.717, 1.165) is 25.0 Å². The highest BCUT2D eigenvalue weighted by molar-refractivity contribution is 4.55. The number of rotatable bonds is 18. The second kappa shape index (κ2) is 18.3. The zero-order valence-electron chi connectivity index (χ0n) is 16.9. The Morgan fingerprint density at radius 1 is 0.565 bits per heavy atom. The zero-order valence-corrected chi connectivity index (χ0v) is 16.9. The lowest BCUT2D eigenvalue weighted by molar-refractivity contribution is 0.116. The van der Waals surface area contributed by atoms with E-state index in [1.54, 1.807) is 0 Å². The molecule has 140 valence electrons. The van der Waals surface area contributed by atoms with Crippen molar-refractivity contribution in [3.63, 3.8) is 0 Å². The fraction of sp³-hybridized carbons (Fsp3) is 1.00. The standard InChI is InChI=1S/C22H46O/c1-5-6-7-8-9-10-11-12-13-14-19-23-20-18-22(4)17-15-16-21(2)3/h21-22H,5-20H2,1-4H3. The average Bonchev–Trinajstić information content (AvgIpc) is 2.51. The molecule has 1 heteroatoms. The number of hydrogen-bond acceptors (Lipinski definition) is 1. The lowest BCUT2D eigenvalue weighted by Crippen LogP contribution is -2.04. The van der Waals surface area contributed by atoms with E-state index in [1.807, 2.05) is 0 Å². The predicted molar refractivity (Wildman–Crippen MR) is 105 cm³/mol. The first kappa shape index (κ1) is 23.0. The van der Waals surface area contributed by atoms with Crippen molar-refractivity contribution in [2.45, 2.75) is 118 Å². The molecular weight excluding hydrogens is 280 g/mol.